The summed E-state index contributed by atoms with van der Waals surface area (Å²) in [4.78, 5) is 20.8. The summed E-state index contributed by atoms with van der Waals surface area (Å²) in [5.41, 5.74) is 0.954. The third kappa shape index (κ3) is 4.18. The lowest BCUT2D eigenvalue weighted by Gasteiger charge is -2.18. The number of rotatable bonds is 8. The molecule has 0 N–H and O–H groups in total. The second-order valence-electron chi connectivity index (χ2n) is 5.48. The van der Waals surface area contributed by atoms with Crippen LogP contribution in [0.3, 0.4) is 0 Å². The van der Waals surface area contributed by atoms with Crippen LogP contribution >= 0.6 is 0 Å². The number of nitro groups is 1. The molecule has 0 amide bonds. The second-order valence-corrected chi connectivity index (χ2v) is 5.48. The predicted octanol–water partition coefficient (Wildman–Crippen LogP) is 3.98. The van der Waals surface area contributed by atoms with Crippen LogP contribution in [-0.2, 0) is 6.42 Å². The van der Waals surface area contributed by atoms with Gasteiger partial charge in [0.05, 0.1) is 4.92 Å². The van der Waals surface area contributed by atoms with Crippen LogP contribution < -0.4 is 9.64 Å². The average molecular weight is 330 g/mol. The molecule has 1 aromatic heterocycles. The molecular weight excluding hydrogens is 308 g/mol. The van der Waals surface area contributed by atoms with Crippen molar-refractivity contribution in [2.24, 2.45) is 0 Å². The van der Waals surface area contributed by atoms with Gasteiger partial charge in [-0.2, -0.15) is 4.98 Å². The lowest BCUT2D eigenvalue weighted by atomic mass is 10.2. The van der Waals surface area contributed by atoms with Crippen molar-refractivity contribution in [1.29, 1.82) is 0 Å². The van der Waals surface area contributed by atoms with Gasteiger partial charge in [-0.05, 0) is 30.5 Å². The van der Waals surface area contributed by atoms with Crippen LogP contribution in [0.1, 0.15) is 32.3 Å². The fourth-order valence-electron chi connectivity index (χ4n) is 2.27. The zero-order valence-electron chi connectivity index (χ0n) is 14.2. The third-order valence-electron chi connectivity index (χ3n) is 3.71. The number of benzene rings is 1. The summed E-state index contributed by atoms with van der Waals surface area (Å²) in [6.45, 7) is 4.80. The van der Waals surface area contributed by atoms with Gasteiger partial charge in [-0.1, -0.05) is 32.4 Å². The van der Waals surface area contributed by atoms with Gasteiger partial charge >= 0.3 is 11.6 Å². The molecule has 0 atom stereocenters. The van der Waals surface area contributed by atoms with E-state index in [1.165, 1.54) is 11.9 Å². The predicted molar refractivity (Wildman–Crippen MR) is 92.8 cm³/mol. The Morgan fingerprint density at radius 2 is 1.92 bits per heavy atom. The first-order valence-electron chi connectivity index (χ1n) is 8.04. The monoisotopic (exact) mass is 330 g/mol. The van der Waals surface area contributed by atoms with E-state index in [1.54, 1.807) is 24.1 Å². The van der Waals surface area contributed by atoms with Gasteiger partial charge in [0, 0.05) is 13.6 Å². The number of aryl methyl sites for hydroxylation is 1. The van der Waals surface area contributed by atoms with E-state index in [-0.39, 0.29) is 17.4 Å². The molecule has 0 bridgehead atoms. The molecule has 0 saturated carbocycles. The first-order valence-corrected chi connectivity index (χ1v) is 8.04. The maximum atomic E-state index is 11.5. The Morgan fingerprint density at radius 1 is 1.21 bits per heavy atom. The fraction of sp³-hybridized carbons (Fsp3) is 0.412. The van der Waals surface area contributed by atoms with E-state index in [4.69, 9.17) is 4.74 Å². The minimum absolute atomic E-state index is 0.0439. The van der Waals surface area contributed by atoms with Gasteiger partial charge in [-0.3, -0.25) is 10.1 Å². The summed E-state index contributed by atoms with van der Waals surface area (Å²) in [7, 11) is 1.78. The standard InChI is InChI=1S/C17H22N4O3/c1-4-6-11-20(3)16-15(21(22)23)17(19-12-18-16)24-14-9-7-13(5-2)8-10-14/h7-10,12H,4-6,11H2,1-3H3. The highest BCUT2D eigenvalue weighted by Crippen LogP contribution is 2.35. The minimum atomic E-state index is -0.493. The number of hydrogen-bond acceptors (Lipinski definition) is 6. The molecule has 2 aromatic rings. The molecule has 0 spiro atoms. The van der Waals surface area contributed by atoms with E-state index < -0.39 is 4.92 Å². The van der Waals surface area contributed by atoms with E-state index in [2.05, 4.69) is 23.8 Å². The van der Waals surface area contributed by atoms with Crippen molar-refractivity contribution in [3.8, 4) is 11.6 Å². The van der Waals surface area contributed by atoms with Crippen LogP contribution in [0.2, 0.25) is 0 Å². The highest BCUT2D eigenvalue weighted by molar-refractivity contribution is 5.63. The summed E-state index contributed by atoms with van der Waals surface area (Å²) in [6.07, 6.45) is 4.13. The van der Waals surface area contributed by atoms with Crippen molar-refractivity contribution >= 4 is 11.5 Å². The summed E-state index contributed by atoms with van der Waals surface area (Å²) < 4.78 is 5.65. The van der Waals surface area contributed by atoms with E-state index in [0.29, 0.717) is 12.3 Å². The first kappa shape index (κ1) is 17.7. The van der Waals surface area contributed by atoms with Gasteiger partial charge in [0.15, 0.2) is 0 Å². The zero-order chi connectivity index (χ0) is 17.5. The van der Waals surface area contributed by atoms with Crippen molar-refractivity contribution in [3.05, 3.63) is 46.3 Å². The fourth-order valence-corrected chi connectivity index (χ4v) is 2.27. The molecule has 0 aliphatic carbocycles. The number of anilines is 1. The van der Waals surface area contributed by atoms with E-state index >= 15 is 0 Å². The molecule has 2 rings (SSSR count). The second kappa shape index (κ2) is 8.24. The van der Waals surface area contributed by atoms with E-state index in [9.17, 15) is 10.1 Å². The van der Waals surface area contributed by atoms with Crippen LogP contribution in [0.5, 0.6) is 11.6 Å². The Kier molecular flexibility index (Phi) is 6.06. The molecule has 0 aliphatic rings. The normalized spacial score (nSPS) is 10.5. The molecule has 24 heavy (non-hydrogen) atoms. The van der Waals surface area contributed by atoms with Crippen molar-refractivity contribution in [3.63, 3.8) is 0 Å². The lowest BCUT2D eigenvalue weighted by Crippen LogP contribution is -2.21. The first-order chi connectivity index (χ1) is 11.6. The Bertz CT molecular complexity index is 689. The molecule has 0 unspecified atom stereocenters. The molecule has 128 valence electrons. The topological polar surface area (TPSA) is 81.4 Å². The molecule has 1 aromatic carbocycles. The molecule has 0 radical (unpaired) electrons. The number of ether oxygens (including phenoxy) is 1. The number of aromatic nitrogens is 2. The third-order valence-corrected chi connectivity index (χ3v) is 3.71. The minimum Gasteiger partial charge on any atom is -0.434 e. The molecule has 7 nitrogen and oxygen atoms in total. The van der Waals surface area contributed by atoms with Crippen LogP contribution in [0, 0.1) is 10.1 Å². The quantitative estimate of drug-likeness (QED) is 0.538. The molecule has 0 aliphatic heterocycles. The van der Waals surface area contributed by atoms with E-state index in [1.807, 2.05) is 12.1 Å². The average Bonchev–Trinajstić information content (AvgIpc) is 2.59. The van der Waals surface area contributed by atoms with Gasteiger partial charge < -0.3 is 9.64 Å². The van der Waals surface area contributed by atoms with Crippen molar-refractivity contribution in [2.45, 2.75) is 33.1 Å². The summed E-state index contributed by atoms with van der Waals surface area (Å²) >= 11 is 0. The zero-order valence-corrected chi connectivity index (χ0v) is 14.2. The SMILES string of the molecule is CCCCN(C)c1ncnc(Oc2ccc(CC)cc2)c1[N+](=O)[O-]. The Hall–Kier alpha value is -2.70. The van der Waals surface area contributed by atoms with Gasteiger partial charge in [0.1, 0.15) is 12.1 Å². The van der Waals surface area contributed by atoms with Gasteiger partial charge in [0.2, 0.25) is 5.82 Å². The van der Waals surface area contributed by atoms with E-state index in [0.717, 1.165) is 19.3 Å². The number of nitrogens with zero attached hydrogens (tertiary/aromatic N) is 4. The smallest absolute Gasteiger partial charge is 0.373 e. The highest BCUT2D eigenvalue weighted by Gasteiger charge is 2.27. The summed E-state index contributed by atoms with van der Waals surface area (Å²) in [5.74, 6) is 0.734. The highest BCUT2D eigenvalue weighted by atomic mass is 16.6. The van der Waals surface area contributed by atoms with Gasteiger partial charge in [0.25, 0.3) is 0 Å². The van der Waals surface area contributed by atoms with Gasteiger partial charge in [-0.15, -0.1) is 0 Å². The molecule has 7 heteroatoms. The number of hydrogen-bond donors (Lipinski definition) is 0. The summed E-state index contributed by atoms with van der Waals surface area (Å²) in [5, 5.41) is 11.5. The largest absolute Gasteiger partial charge is 0.434 e. The van der Waals surface area contributed by atoms with Crippen LogP contribution in [-0.4, -0.2) is 28.5 Å². The summed E-state index contributed by atoms with van der Waals surface area (Å²) in [6, 6.07) is 7.42. The number of unbranched alkanes of at least 4 members (excludes halogenated alkanes) is 1. The maximum Gasteiger partial charge on any atom is 0.373 e. The molecule has 1 heterocycles. The van der Waals surface area contributed by atoms with Crippen molar-refractivity contribution in [1.82, 2.24) is 9.97 Å². The Balaban J connectivity index is 2.33. The Morgan fingerprint density at radius 3 is 2.50 bits per heavy atom. The van der Waals surface area contributed by atoms with Crippen molar-refractivity contribution in [2.75, 3.05) is 18.5 Å². The van der Waals surface area contributed by atoms with Crippen LogP contribution in [0.25, 0.3) is 0 Å². The van der Waals surface area contributed by atoms with Crippen LogP contribution in [0.15, 0.2) is 30.6 Å². The van der Waals surface area contributed by atoms with Crippen LogP contribution in [0.4, 0.5) is 11.5 Å². The molecular formula is C17H22N4O3. The lowest BCUT2D eigenvalue weighted by molar-refractivity contribution is -0.385. The molecule has 0 fully saturated rings. The molecule has 0 saturated heterocycles. The van der Waals surface area contributed by atoms with Gasteiger partial charge in [-0.25, -0.2) is 4.98 Å². The Labute approximate surface area is 141 Å². The van der Waals surface area contributed by atoms with Crippen molar-refractivity contribution < 1.29 is 9.66 Å². The maximum absolute atomic E-state index is 11.5.